The second kappa shape index (κ2) is 30.6. The van der Waals surface area contributed by atoms with Gasteiger partial charge in [0, 0.05) is 31.3 Å². The number of carboxylic acid groups (broad SMARTS) is 2. The van der Waals surface area contributed by atoms with E-state index in [1.54, 1.807) is 27.7 Å². The van der Waals surface area contributed by atoms with Crippen molar-refractivity contribution in [1.29, 1.82) is 0 Å². The third-order valence-corrected chi connectivity index (χ3v) is 10.4. The maximum Gasteiger partial charge on any atom is 0.326 e. The van der Waals surface area contributed by atoms with Crippen LogP contribution in [0.3, 0.4) is 0 Å². The van der Waals surface area contributed by atoms with Crippen molar-refractivity contribution in [2.75, 3.05) is 6.54 Å². The maximum atomic E-state index is 14.1. The maximum absolute atomic E-state index is 14.1. The van der Waals surface area contributed by atoms with Crippen LogP contribution in [-0.2, 0) is 54.4 Å². The zero-order valence-electron chi connectivity index (χ0n) is 41.6. The highest BCUT2D eigenvalue weighted by Gasteiger charge is 2.35. The van der Waals surface area contributed by atoms with Crippen molar-refractivity contribution in [1.82, 2.24) is 52.5 Å². The normalized spacial score (nSPS) is 15.0. The van der Waals surface area contributed by atoms with Crippen molar-refractivity contribution >= 4 is 65.2 Å². The summed E-state index contributed by atoms with van der Waals surface area (Å²) >= 11 is 0. The topological polar surface area (TPSA) is 426 Å². The van der Waals surface area contributed by atoms with Gasteiger partial charge in [0.25, 0.3) is 0 Å². The van der Waals surface area contributed by atoms with E-state index in [2.05, 4.69) is 57.5 Å². The number of aliphatic imine (C=N–C) groups is 1. The third-order valence-electron chi connectivity index (χ3n) is 10.4. The Hall–Kier alpha value is -6.86. The van der Waals surface area contributed by atoms with E-state index in [9.17, 15) is 58.2 Å². The number of carbonyl (C=O) groups excluding carboxylic acids is 8. The van der Waals surface area contributed by atoms with Crippen molar-refractivity contribution in [3.05, 3.63) is 18.2 Å². The molecule has 0 radical (unpaired) electrons. The molecule has 0 aliphatic heterocycles. The van der Waals surface area contributed by atoms with Gasteiger partial charge in [-0.15, -0.1) is 0 Å². The molecule has 0 aliphatic carbocycles. The summed E-state index contributed by atoms with van der Waals surface area (Å²) in [6.07, 6.45) is 2.09. The van der Waals surface area contributed by atoms with Crippen LogP contribution in [0.2, 0.25) is 0 Å². The van der Waals surface area contributed by atoms with E-state index < -0.39 is 126 Å². The molecular formula is C44H76N14O12. The Morgan fingerprint density at radius 3 is 1.36 bits per heavy atom. The summed E-state index contributed by atoms with van der Waals surface area (Å²) in [5.41, 5.74) is 16.7. The molecule has 0 unspecified atom stereocenters. The van der Waals surface area contributed by atoms with Crippen molar-refractivity contribution in [3.63, 3.8) is 0 Å². The molecule has 0 fully saturated rings. The van der Waals surface area contributed by atoms with Crippen LogP contribution in [0.25, 0.3) is 0 Å². The molecule has 0 aromatic carbocycles. The molecule has 70 heavy (non-hydrogen) atoms. The number of nitrogens with zero attached hydrogens (tertiary/aromatic N) is 2. The van der Waals surface area contributed by atoms with Crippen LogP contribution >= 0.6 is 0 Å². The summed E-state index contributed by atoms with van der Waals surface area (Å²) in [5, 5.41) is 39.4. The zero-order valence-corrected chi connectivity index (χ0v) is 41.6. The first-order valence-corrected chi connectivity index (χ1v) is 23.3. The van der Waals surface area contributed by atoms with Crippen LogP contribution in [0, 0.1) is 17.8 Å². The number of hydrogen-bond donors (Lipinski definition) is 14. The van der Waals surface area contributed by atoms with Crippen molar-refractivity contribution in [2.24, 2.45) is 39.9 Å². The number of imidazole rings is 1. The Labute approximate surface area is 407 Å². The predicted molar refractivity (Wildman–Crippen MR) is 256 cm³/mol. The van der Waals surface area contributed by atoms with Crippen LogP contribution < -0.4 is 59.7 Å². The van der Waals surface area contributed by atoms with Crippen molar-refractivity contribution in [2.45, 2.75) is 168 Å². The van der Waals surface area contributed by atoms with Gasteiger partial charge in [-0.05, 0) is 77.0 Å². The van der Waals surface area contributed by atoms with Crippen molar-refractivity contribution < 1.29 is 58.2 Å². The summed E-state index contributed by atoms with van der Waals surface area (Å²) in [6, 6.07) is -11.3. The van der Waals surface area contributed by atoms with E-state index in [4.69, 9.17) is 17.2 Å². The molecule has 26 nitrogen and oxygen atoms in total. The minimum atomic E-state index is -1.54. The van der Waals surface area contributed by atoms with E-state index in [1.807, 2.05) is 13.8 Å². The van der Waals surface area contributed by atoms with Gasteiger partial charge >= 0.3 is 11.9 Å². The first-order valence-electron chi connectivity index (χ1n) is 23.3. The smallest absolute Gasteiger partial charge is 0.326 e. The van der Waals surface area contributed by atoms with E-state index in [1.165, 1.54) is 33.3 Å². The SMILES string of the molecule is CC(C)C[C@H](NC(=O)[C@H](C)N)C(=O)N[C@@H](C)C(=O)N[C@@H](Cc1cnc[nH]1)C(=O)N[C@@H](CC(C)C)C(=O)N[C@@H](CC(C)C)C(=O)N[C@@H](CCC(=O)O)C(=O)N[C@@H](C)C(=O)N[C@@H](CCCN=C(N)N)C(=O)O. The lowest BCUT2D eigenvalue weighted by molar-refractivity contribution is -0.142. The van der Waals surface area contributed by atoms with Crippen molar-refractivity contribution in [3.8, 4) is 0 Å². The average Bonchev–Trinajstić information content (AvgIpc) is 3.77. The second-order valence-electron chi connectivity index (χ2n) is 18.5. The van der Waals surface area contributed by atoms with Crippen LogP contribution in [0.4, 0.5) is 0 Å². The fraction of sp³-hybridized carbons (Fsp3) is 0.682. The molecule has 394 valence electrons. The number of nitrogens with two attached hydrogens (primary N) is 3. The molecular weight excluding hydrogens is 917 g/mol. The highest BCUT2D eigenvalue weighted by Crippen LogP contribution is 2.12. The van der Waals surface area contributed by atoms with Gasteiger partial charge in [-0.2, -0.15) is 0 Å². The molecule has 1 rings (SSSR count). The summed E-state index contributed by atoms with van der Waals surface area (Å²) < 4.78 is 0. The van der Waals surface area contributed by atoms with Crippen LogP contribution in [0.1, 0.15) is 113 Å². The Morgan fingerprint density at radius 2 is 0.957 bits per heavy atom. The molecule has 8 amide bonds. The minimum absolute atomic E-state index is 0.0147. The Bertz CT molecular complexity index is 1960. The van der Waals surface area contributed by atoms with Gasteiger partial charge in [0.2, 0.25) is 47.3 Å². The number of aliphatic carboxylic acids is 2. The molecule has 26 heteroatoms. The van der Waals surface area contributed by atoms with Gasteiger partial charge in [-0.1, -0.05) is 41.5 Å². The molecule has 0 saturated carbocycles. The predicted octanol–water partition coefficient (Wildman–Crippen LogP) is -2.64. The van der Waals surface area contributed by atoms with E-state index in [-0.39, 0.29) is 68.8 Å². The summed E-state index contributed by atoms with van der Waals surface area (Å²) in [5.74, 6) is -9.67. The minimum Gasteiger partial charge on any atom is -0.481 e. The number of rotatable bonds is 32. The Kier molecular flexibility index (Phi) is 26.7. The van der Waals surface area contributed by atoms with Gasteiger partial charge in [0.15, 0.2) is 5.96 Å². The van der Waals surface area contributed by atoms with Gasteiger partial charge in [-0.3, -0.25) is 48.1 Å². The number of carboxylic acids is 2. The van der Waals surface area contributed by atoms with Gasteiger partial charge in [0.1, 0.15) is 48.3 Å². The molecule has 9 atom stereocenters. The molecule has 1 aromatic rings. The van der Waals surface area contributed by atoms with Crippen LogP contribution in [0.5, 0.6) is 0 Å². The number of nitrogens with one attached hydrogen (secondary N) is 9. The van der Waals surface area contributed by atoms with Crippen LogP contribution in [-0.4, -0.2) is 146 Å². The number of hydrogen-bond acceptors (Lipinski definition) is 13. The average molecular weight is 993 g/mol. The molecule has 17 N–H and O–H groups in total. The molecule has 0 bridgehead atoms. The largest absolute Gasteiger partial charge is 0.481 e. The fourth-order valence-corrected chi connectivity index (χ4v) is 6.70. The highest BCUT2D eigenvalue weighted by molar-refractivity contribution is 5.98. The van der Waals surface area contributed by atoms with Gasteiger partial charge < -0.3 is 74.9 Å². The number of aromatic amines is 1. The van der Waals surface area contributed by atoms with Gasteiger partial charge in [-0.25, -0.2) is 9.78 Å². The standard InChI is InChI=1S/C44H76N14O12/c1-21(2)15-30(55-35(61)24(7)45)39(65)52-26(9)37(63)56-33(18-27-19-48-20-50-27)42(68)58-32(17-23(5)6)41(67)57-31(16-22(3)4)40(66)53-28(12-13-34(59)60)38(64)51-25(8)36(62)54-29(43(69)70)11-10-14-49-44(46)47/h19-26,28-33H,10-18,45H2,1-9H3,(H,48,50)(H,51,64)(H,52,65)(H,53,66)(H,54,62)(H,55,61)(H,56,63)(H,57,67)(H,58,68)(H,59,60)(H,69,70)(H4,46,47,49)/t24-,25-,26-,28-,29-,30-,31-,32-,33-/m0/s1. The molecule has 1 aromatic heterocycles. The monoisotopic (exact) mass is 993 g/mol. The summed E-state index contributed by atoms with van der Waals surface area (Å²) in [4.78, 5) is 142. The second-order valence-corrected chi connectivity index (χ2v) is 18.5. The quantitative estimate of drug-likeness (QED) is 0.0199. The van der Waals surface area contributed by atoms with Gasteiger partial charge in [0.05, 0.1) is 12.4 Å². The highest BCUT2D eigenvalue weighted by atomic mass is 16.4. The number of guanidine groups is 1. The number of H-pyrrole nitrogens is 1. The molecule has 1 heterocycles. The molecule has 0 aliphatic rings. The first-order chi connectivity index (χ1) is 32.6. The van der Waals surface area contributed by atoms with Crippen LogP contribution in [0.15, 0.2) is 17.5 Å². The lowest BCUT2D eigenvalue weighted by atomic mass is 9.99. The number of amides is 8. The fourth-order valence-electron chi connectivity index (χ4n) is 6.70. The third kappa shape index (κ3) is 23.9. The lowest BCUT2D eigenvalue weighted by Crippen LogP contribution is -2.60. The van der Waals surface area contributed by atoms with E-state index in [0.717, 1.165) is 0 Å². The zero-order chi connectivity index (χ0) is 53.4. The summed E-state index contributed by atoms with van der Waals surface area (Å²) in [6.45, 7) is 15.0. The summed E-state index contributed by atoms with van der Waals surface area (Å²) in [7, 11) is 0. The molecule has 0 saturated heterocycles. The van der Waals surface area contributed by atoms with E-state index in [0.29, 0.717) is 5.69 Å². The Balaban J connectivity index is 3.33. The Morgan fingerprint density at radius 1 is 0.557 bits per heavy atom. The van der Waals surface area contributed by atoms with E-state index >= 15 is 0 Å². The first kappa shape index (κ1) is 61.2. The number of aromatic nitrogens is 2. The lowest BCUT2D eigenvalue weighted by Gasteiger charge is -2.28. The number of carbonyl (C=O) groups is 10. The molecule has 0 spiro atoms.